The lowest BCUT2D eigenvalue weighted by Gasteiger charge is -2.24. The third-order valence-electron chi connectivity index (χ3n) is 5.64. The minimum atomic E-state index is -4.40. The Bertz CT molecular complexity index is 938. The number of hydrogen-bond donors (Lipinski definition) is 1. The lowest BCUT2D eigenvalue weighted by atomic mass is 10.1. The Balaban J connectivity index is 1.55. The van der Waals surface area contributed by atoms with E-state index in [0.717, 1.165) is 24.2 Å². The van der Waals surface area contributed by atoms with Crippen molar-refractivity contribution in [3.05, 3.63) is 47.7 Å². The predicted octanol–water partition coefficient (Wildman–Crippen LogP) is 3.51. The summed E-state index contributed by atoms with van der Waals surface area (Å²) in [4.78, 5) is 20.7. The van der Waals surface area contributed by atoms with Crippen molar-refractivity contribution in [3.8, 4) is 11.5 Å². The summed E-state index contributed by atoms with van der Waals surface area (Å²) in [5.41, 5.74) is 0.0572. The molecular formula is C23H29F3N4O3. The Kier molecular flexibility index (Phi) is 8.01. The van der Waals surface area contributed by atoms with Gasteiger partial charge in [0.15, 0.2) is 0 Å². The molecular weight excluding hydrogens is 437 g/mol. The predicted molar refractivity (Wildman–Crippen MR) is 119 cm³/mol. The third-order valence-corrected chi connectivity index (χ3v) is 5.64. The van der Waals surface area contributed by atoms with Crippen LogP contribution in [0.5, 0.6) is 11.5 Å². The van der Waals surface area contributed by atoms with Gasteiger partial charge in [-0.1, -0.05) is 0 Å². The lowest BCUT2D eigenvalue weighted by Crippen LogP contribution is -2.40. The molecule has 0 saturated carbocycles. The van der Waals surface area contributed by atoms with E-state index in [1.165, 1.54) is 6.07 Å². The standard InChI is InChI=1S/C23H29F3N4O3/c1-16(19-13-18(32-2)6-7-20(19)33-3)28-22(31)15-29-9-4-10-30(12-11-29)21-8-5-17(14-27-21)23(24,25)26/h5-8,13-14,16H,4,9-12,15H2,1-3H3,(H,28,31)/t16-/m0/s1. The maximum Gasteiger partial charge on any atom is 0.417 e. The highest BCUT2D eigenvalue weighted by Gasteiger charge is 2.31. The van der Waals surface area contributed by atoms with Crippen LogP contribution in [0, 0.1) is 0 Å². The average molecular weight is 467 g/mol. The van der Waals surface area contributed by atoms with Crippen LogP contribution in [0.4, 0.5) is 19.0 Å². The first-order chi connectivity index (χ1) is 15.7. The first-order valence-electron chi connectivity index (χ1n) is 10.7. The highest BCUT2D eigenvalue weighted by molar-refractivity contribution is 5.78. The van der Waals surface area contributed by atoms with Crippen molar-refractivity contribution in [2.75, 3.05) is 51.8 Å². The fourth-order valence-corrected chi connectivity index (χ4v) is 3.84. The van der Waals surface area contributed by atoms with Crippen molar-refractivity contribution in [2.45, 2.75) is 25.6 Å². The minimum absolute atomic E-state index is 0.117. The van der Waals surface area contributed by atoms with E-state index in [9.17, 15) is 18.0 Å². The van der Waals surface area contributed by atoms with Crippen molar-refractivity contribution >= 4 is 11.7 Å². The molecule has 1 aromatic carbocycles. The van der Waals surface area contributed by atoms with Gasteiger partial charge in [-0.05, 0) is 43.7 Å². The number of carbonyl (C=O) groups excluding carboxylic acids is 1. The summed E-state index contributed by atoms with van der Waals surface area (Å²) in [6.45, 7) is 4.66. The minimum Gasteiger partial charge on any atom is -0.497 e. The maximum atomic E-state index is 12.8. The Morgan fingerprint density at radius 3 is 2.55 bits per heavy atom. The number of pyridine rings is 1. The van der Waals surface area contributed by atoms with Gasteiger partial charge in [0.05, 0.1) is 32.4 Å². The van der Waals surface area contributed by atoms with Gasteiger partial charge in [0, 0.05) is 37.9 Å². The van der Waals surface area contributed by atoms with Crippen molar-refractivity contribution in [1.82, 2.24) is 15.2 Å². The molecule has 0 aliphatic carbocycles. The van der Waals surface area contributed by atoms with Crippen LogP contribution in [0.2, 0.25) is 0 Å². The number of benzene rings is 1. The molecule has 0 unspecified atom stereocenters. The zero-order valence-electron chi connectivity index (χ0n) is 19.0. The largest absolute Gasteiger partial charge is 0.497 e. The number of ether oxygens (including phenoxy) is 2. The van der Waals surface area contributed by atoms with Crippen LogP contribution in [0.25, 0.3) is 0 Å². The number of alkyl halides is 3. The summed E-state index contributed by atoms with van der Waals surface area (Å²) < 4.78 is 49.0. The molecule has 7 nitrogen and oxygen atoms in total. The molecule has 1 N–H and O–H groups in total. The molecule has 1 aliphatic rings. The van der Waals surface area contributed by atoms with Gasteiger partial charge in [0.1, 0.15) is 17.3 Å². The van der Waals surface area contributed by atoms with E-state index in [0.29, 0.717) is 43.5 Å². The van der Waals surface area contributed by atoms with Gasteiger partial charge >= 0.3 is 6.18 Å². The van der Waals surface area contributed by atoms with E-state index in [1.807, 2.05) is 22.8 Å². The molecule has 1 aromatic heterocycles. The molecule has 10 heteroatoms. The second kappa shape index (κ2) is 10.7. The number of hydrogen-bond acceptors (Lipinski definition) is 6. The third kappa shape index (κ3) is 6.50. The molecule has 0 bridgehead atoms. The van der Waals surface area contributed by atoms with E-state index < -0.39 is 11.7 Å². The van der Waals surface area contributed by atoms with Gasteiger partial charge in [0.2, 0.25) is 5.91 Å². The smallest absolute Gasteiger partial charge is 0.417 e. The van der Waals surface area contributed by atoms with Gasteiger partial charge < -0.3 is 19.7 Å². The van der Waals surface area contributed by atoms with E-state index in [4.69, 9.17) is 9.47 Å². The van der Waals surface area contributed by atoms with Crippen molar-refractivity contribution in [2.24, 2.45) is 0 Å². The van der Waals surface area contributed by atoms with Crippen LogP contribution >= 0.6 is 0 Å². The number of aromatic nitrogens is 1. The monoisotopic (exact) mass is 466 g/mol. The molecule has 1 amide bonds. The molecule has 1 fully saturated rings. The highest BCUT2D eigenvalue weighted by atomic mass is 19.4. The zero-order valence-corrected chi connectivity index (χ0v) is 19.0. The normalized spacial score (nSPS) is 16.1. The number of halogens is 3. The van der Waals surface area contributed by atoms with Crippen LogP contribution in [0.3, 0.4) is 0 Å². The summed E-state index contributed by atoms with van der Waals surface area (Å²) in [7, 11) is 3.16. The van der Waals surface area contributed by atoms with Crippen LogP contribution in [0.1, 0.15) is 30.5 Å². The van der Waals surface area contributed by atoms with Crippen LogP contribution in [0.15, 0.2) is 36.5 Å². The van der Waals surface area contributed by atoms with Crippen LogP contribution in [-0.2, 0) is 11.0 Å². The highest BCUT2D eigenvalue weighted by Crippen LogP contribution is 2.30. The van der Waals surface area contributed by atoms with Crippen molar-refractivity contribution in [1.29, 1.82) is 0 Å². The number of rotatable bonds is 7. The molecule has 0 spiro atoms. The summed E-state index contributed by atoms with van der Waals surface area (Å²) in [6.07, 6.45) is -2.77. The number of anilines is 1. The first-order valence-corrected chi connectivity index (χ1v) is 10.7. The average Bonchev–Trinajstić information content (AvgIpc) is 3.03. The molecule has 2 heterocycles. The summed E-state index contributed by atoms with van der Waals surface area (Å²) >= 11 is 0. The van der Waals surface area contributed by atoms with Crippen molar-refractivity contribution < 1.29 is 27.4 Å². The Morgan fingerprint density at radius 2 is 1.91 bits per heavy atom. The topological polar surface area (TPSA) is 66.9 Å². The van der Waals surface area contributed by atoms with Crippen LogP contribution in [-0.4, -0.2) is 62.7 Å². The number of nitrogens with zero attached hydrogens (tertiary/aromatic N) is 3. The maximum absolute atomic E-state index is 12.8. The zero-order chi connectivity index (χ0) is 24.0. The van der Waals surface area contributed by atoms with Gasteiger partial charge in [-0.15, -0.1) is 0 Å². The number of carbonyl (C=O) groups is 1. The molecule has 2 aromatic rings. The van der Waals surface area contributed by atoms with Crippen LogP contribution < -0.4 is 19.7 Å². The molecule has 33 heavy (non-hydrogen) atoms. The van der Waals surface area contributed by atoms with E-state index in [1.54, 1.807) is 26.4 Å². The summed E-state index contributed by atoms with van der Waals surface area (Å²) in [5, 5.41) is 3.00. The molecule has 1 atom stereocenters. The van der Waals surface area contributed by atoms with Gasteiger partial charge in [-0.25, -0.2) is 4.98 Å². The fraction of sp³-hybridized carbons (Fsp3) is 0.478. The van der Waals surface area contributed by atoms with E-state index >= 15 is 0 Å². The van der Waals surface area contributed by atoms with Gasteiger partial charge in [0.25, 0.3) is 0 Å². The van der Waals surface area contributed by atoms with Gasteiger partial charge in [-0.2, -0.15) is 13.2 Å². The molecule has 3 rings (SSSR count). The number of amides is 1. The molecule has 180 valence electrons. The first kappa shape index (κ1) is 24.6. The summed E-state index contributed by atoms with van der Waals surface area (Å²) in [6, 6.07) is 7.61. The molecule has 0 radical (unpaired) electrons. The number of methoxy groups -OCH3 is 2. The quantitative estimate of drug-likeness (QED) is 0.674. The van der Waals surface area contributed by atoms with E-state index in [-0.39, 0.29) is 18.5 Å². The second-order valence-corrected chi connectivity index (χ2v) is 7.92. The molecule has 1 saturated heterocycles. The van der Waals surface area contributed by atoms with Crippen molar-refractivity contribution in [3.63, 3.8) is 0 Å². The number of nitrogens with one attached hydrogen (secondary N) is 1. The SMILES string of the molecule is COc1ccc(OC)c([C@H](C)NC(=O)CN2CCCN(c3ccc(C(F)(F)F)cn3)CC2)c1. The van der Waals surface area contributed by atoms with E-state index in [2.05, 4.69) is 10.3 Å². The summed E-state index contributed by atoms with van der Waals surface area (Å²) in [5.74, 6) is 1.73. The Labute approximate surface area is 191 Å². The lowest BCUT2D eigenvalue weighted by molar-refractivity contribution is -0.137. The Hall–Kier alpha value is -3.01. The Morgan fingerprint density at radius 1 is 1.12 bits per heavy atom. The van der Waals surface area contributed by atoms with Gasteiger partial charge in [-0.3, -0.25) is 9.69 Å². The fourth-order valence-electron chi connectivity index (χ4n) is 3.84. The second-order valence-electron chi connectivity index (χ2n) is 7.92. The molecule has 1 aliphatic heterocycles.